The molecule has 2 atom stereocenters. The van der Waals surface area contributed by atoms with Crippen LogP contribution in [0.2, 0.25) is 0 Å². The molecule has 6 heteroatoms. The lowest BCUT2D eigenvalue weighted by Crippen LogP contribution is -2.62. The Balaban J connectivity index is 1.16. The van der Waals surface area contributed by atoms with Crippen LogP contribution in [0.3, 0.4) is 0 Å². The lowest BCUT2D eigenvalue weighted by Gasteiger charge is -2.62. The van der Waals surface area contributed by atoms with Crippen molar-refractivity contribution in [3.05, 3.63) is 35.4 Å². The van der Waals surface area contributed by atoms with E-state index in [2.05, 4.69) is 36.5 Å². The van der Waals surface area contributed by atoms with Crippen LogP contribution < -0.4 is 5.32 Å². The number of nitrogens with one attached hydrogen (secondary N) is 1. The summed E-state index contributed by atoms with van der Waals surface area (Å²) >= 11 is 0. The molecule has 2 unspecified atom stereocenters. The minimum Gasteiger partial charge on any atom is -0.345 e. The number of nitrogens with zero attached hydrogens (tertiary/aromatic N) is 2. The molecule has 0 aromatic heterocycles. The first-order chi connectivity index (χ1) is 15.9. The van der Waals surface area contributed by atoms with Crippen molar-refractivity contribution in [2.45, 2.75) is 69.7 Å². The zero-order valence-corrected chi connectivity index (χ0v) is 19.6. The molecule has 3 amide bonds. The SMILES string of the molecule is Cc1ccc(C23CC4CC(CC(C(=O)N5CCN(C(=O)C(=O)NC6CC6)CC5)(C4)C2)C3)cc1. The summed E-state index contributed by atoms with van der Waals surface area (Å²) in [5.74, 6) is 0.666. The maximum atomic E-state index is 14.0. The first kappa shape index (κ1) is 21.2. The first-order valence-corrected chi connectivity index (χ1v) is 12.8. The third-order valence-corrected chi connectivity index (χ3v) is 9.14. The van der Waals surface area contributed by atoms with Crippen molar-refractivity contribution in [1.29, 1.82) is 0 Å². The van der Waals surface area contributed by atoms with Gasteiger partial charge < -0.3 is 15.1 Å². The van der Waals surface area contributed by atoms with Crippen molar-refractivity contribution in [3.63, 3.8) is 0 Å². The monoisotopic (exact) mass is 449 g/mol. The third-order valence-electron chi connectivity index (χ3n) is 9.14. The molecule has 33 heavy (non-hydrogen) atoms. The van der Waals surface area contributed by atoms with Crippen LogP contribution in [0.4, 0.5) is 0 Å². The minimum atomic E-state index is -0.488. The lowest BCUT2D eigenvalue weighted by molar-refractivity contribution is -0.163. The summed E-state index contributed by atoms with van der Waals surface area (Å²) in [6.45, 7) is 4.11. The second-order valence-electron chi connectivity index (χ2n) is 11.7. The van der Waals surface area contributed by atoms with Gasteiger partial charge in [-0.15, -0.1) is 0 Å². The molecular formula is C27H35N3O3. The molecule has 6 aliphatic rings. The van der Waals surface area contributed by atoms with Crippen LogP contribution >= 0.6 is 0 Å². The molecule has 5 aliphatic carbocycles. The molecule has 5 saturated carbocycles. The van der Waals surface area contributed by atoms with Gasteiger partial charge in [0.2, 0.25) is 5.91 Å². The largest absolute Gasteiger partial charge is 0.345 e. The highest BCUT2D eigenvalue weighted by Gasteiger charge is 2.61. The van der Waals surface area contributed by atoms with Crippen LogP contribution in [0.25, 0.3) is 0 Å². The van der Waals surface area contributed by atoms with Crippen molar-refractivity contribution in [1.82, 2.24) is 15.1 Å². The quantitative estimate of drug-likeness (QED) is 0.722. The number of benzene rings is 1. The van der Waals surface area contributed by atoms with E-state index >= 15 is 0 Å². The van der Waals surface area contributed by atoms with Crippen molar-refractivity contribution >= 4 is 17.7 Å². The van der Waals surface area contributed by atoms with E-state index in [4.69, 9.17) is 0 Å². The second kappa shape index (κ2) is 7.57. The number of hydrogen-bond acceptors (Lipinski definition) is 3. The highest BCUT2D eigenvalue weighted by molar-refractivity contribution is 6.35. The Labute approximate surface area is 196 Å². The molecule has 1 N–H and O–H groups in total. The highest BCUT2D eigenvalue weighted by Crippen LogP contribution is 2.66. The minimum absolute atomic E-state index is 0.145. The summed E-state index contributed by atoms with van der Waals surface area (Å²) < 4.78 is 0. The number of rotatable bonds is 3. The first-order valence-electron chi connectivity index (χ1n) is 12.8. The number of amides is 3. The molecule has 6 fully saturated rings. The van der Waals surface area contributed by atoms with E-state index in [1.807, 2.05) is 4.90 Å². The van der Waals surface area contributed by atoms with Crippen LogP contribution in [0.1, 0.15) is 62.5 Å². The Kier molecular flexibility index (Phi) is 4.86. The molecule has 7 rings (SSSR count). The molecule has 1 heterocycles. The molecule has 176 valence electrons. The molecule has 1 aliphatic heterocycles. The molecule has 0 radical (unpaired) electrons. The van der Waals surface area contributed by atoms with E-state index in [1.54, 1.807) is 4.90 Å². The van der Waals surface area contributed by atoms with Crippen LogP contribution in [0.5, 0.6) is 0 Å². The Morgan fingerprint density at radius 3 is 2.09 bits per heavy atom. The maximum Gasteiger partial charge on any atom is 0.312 e. The van der Waals surface area contributed by atoms with E-state index in [1.165, 1.54) is 30.4 Å². The number of piperazine rings is 1. The van der Waals surface area contributed by atoms with Gasteiger partial charge >= 0.3 is 11.8 Å². The van der Waals surface area contributed by atoms with Gasteiger partial charge in [-0.2, -0.15) is 0 Å². The van der Waals surface area contributed by atoms with E-state index in [0.29, 0.717) is 43.9 Å². The number of carbonyl (C=O) groups excluding carboxylic acids is 3. The second-order valence-corrected chi connectivity index (χ2v) is 11.7. The van der Waals surface area contributed by atoms with Gasteiger partial charge in [0.25, 0.3) is 0 Å². The van der Waals surface area contributed by atoms with Gasteiger partial charge in [-0.3, -0.25) is 14.4 Å². The molecule has 6 nitrogen and oxygen atoms in total. The van der Waals surface area contributed by atoms with Gasteiger partial charge in [-0.25, -0.2) is 0 Å². The molecule has 1 aromatic carbocycles. The highest BCUT2D eigenvalue weighted by atomic mass is 16.2. The van der Waals surface area contributed by atoms with Gasteiger partial charge in [0.05, 0.1) is 5.41 Å². The van der Waals surface area contributed by atoms with Gasteiger partial charge in [0.1, 0.15) is 0 Å². The van der Waals surface area contributed by atoms with E-state index in [9.17, 15) is 14.4 Å². The average molecular weight is 450 g/mol. The van der Waals surface area contributed by atoms with E-state index < -0.39 is 11.8 Å². The van der Waals surface area contributed by atoms with Crippen LogP contribution in [-0.4, -0.2) is 59.7 Å². The van der Waals surface area contributed by atoms with Crippen molar-refractivity contribution in [3.8, 4) is 0 Å². The summed E-state index contributed by atoms with van der Waals surface area (Å²) in [6, 6.07) is 9.23. The van der Waals surface area contributed by atoms with Gasteiger partial charge in [-0.05, 0) is 81.1 Å². The Morgan fingerprint density at radius 2 is 1.48 bits per heavy atom. The van der Waals surface area contributed by atoms with Gasteiger partial charge in [-0.1, -0.05) is 29.8 Å². The predicted octanol–water partition coefficient (Wildman–Crippen LogP) is 2.78. The predicted molar refractivity (Wildman–Crippen MR) is 124 cm³/mol. The number of aryl methyl sites for hydroxylation is 1. The molecule has 1 aromatic rings. The maximum absolute atomic E-state index is 14.0. The fourth-order valence-corrected chi connectivity index (χ4v) is 7.82. The Morgan fingerprint density at radius 1 is 0.879 bits per heavy atom. The van der Waals surface area contributed by atoms with Crippen molar-refractivity contribution < 1.29 is 14.4 Å². The van der Waals surface area contributed by atoms with Crippen LogP contribution in [-0.2, 0) is 19.8 Å². The summed E-state index contributed by atoms with van der Waals surface area (Å²) in [4.78, 5) is 42.2. The van der Waals surface area contributed by atoms with Crippen LogP contribution in [0, 0.1) is 24.2 Å². The van der Waals surface area contributed by atoms with Crippen molar-refractivity contribution in [2.24, 2.45) is 17.3 Å². The summed E-state index contributed by atoms with van der Waals surface area (Å²) in [5, 5.41) is 2.79. The molecular weight excluding hydrogens is 414 g/mol. The Bertz CT molecular complexity index is 961. The summed E-state index contributed by atoms with van der Waals surface area (Å²) in [7, 11) is 0. The fraction of sp³-hybridized carbons (Fsp3) is 0.667. The smallest absolute Gasteiger partial charge is 0.312 e. The van der Waals surface area contributed by atoms with Gasteiger partial charge in [0.15, 0.2) is 0 Å². The Hall–Kier alpha value is -2.37. The zero-order chi connectivity index (χ0) is 22.8. The zero-order valence-electron chi connectivity index (χ0n) is 19.6. The van der Waals surface area contributed by atoms with E-state index in [0.717, 1.165) is 32.1 Å². The fourth-order valence-electron chi connectivity index (χ4n) is 7.82. The summed E-state index contributed by atoms with van der Waals surface area (Å²) in [6.07, 6.45) is 8.68. The lowest BCUT2D eigenvalue weighted by atomic mass is 9.42. The number of carbonyl (C=O) groups is 3. The molecule has 1 saturated heterocycles. The molecule has 4 bridgehead atoms. The van der Waals surface area contributed by atoms with Crippen molar-refractivity contribution in [2.75, 3.05) is 26.2 Å². The standard InChI is InChI=1S/C27H35N3O3/c1-18-2-4-21(5-3-18)26-13-19-12-20(14-26)16-27(15-19,17-26)25(33)30-10-8-29(9-11-30)24(32)23(31)28-22-6-7-22/h2-5,19-20,22H,6-17H2,1H3,(H,28,31). The van der Waals surface area contributed by atoms with E-state index in [-0.39, 0.29) is 16.9 Å². The van der Waals surface area contributed by atoms with Gasteiger partial charge in [0, 0.05) is 32.2 Å². The summed E-state index contributed by atoms with van der Waals surface area (Å²) in [5.41, 5.74) is 2.61. The third kappa shape index (κ3) is 3.66. The topological polar surface area (TPSA) is 69.7 Å². The normalized spacial score (nSPS) is 34.9. The number of hydrogen-bond donors (Lipinski definition) is 1. The average Bonchev–Trinajstić information content (AvgIpc) is 3.61. The van der Waals surface area contributed by atoms with Crippen LogP contribution in [0.15, 0.2) is 24.3 Å². The molecule has 0 spiro atoms.